The third kappa shape index (κ3) is 4.21. The minimum atomic E-state index is -0.672. The number of benzene rings is 2. The average Bonchev–Trinajstić information content (AvgIpc) is 3.45. The van der Waals surface area contributed by atoms with Gasteiger partial charge in [0.25, 0.3) is 0 Å². The Kier molecular flexibility index (Phi) is 5.90. The van der Waals surface area contributed by atoms with Crippen molar-refractivity contribution >= 4 is 16.9 Å². The van der Waals surface area contributed by atoms with Crippen molar-refractivity contribution in [2.24, 2.45) is 0 Å². The van der Waals surface area contributed by atoms with Crippen LogP contribution in [0.3, 0.4) is 0 Å². The van der Waals surface area contributed by atoms with E-state index in [1.54, 1.807) is 56.8 Å². The molecule has 5 rings (SSSR count). The van der Waals surface area contributed by atoms with E-state index in [1.165, 1.54) is 18.2 Å². The number of carbonyl (C=O) groups is 1. The number of nitrogens with zero attached hydrogens (tertiary/aromatic N) is 4. The lowest BCUT2D eigenvalue weighted by Gasteiger charge is -2.15. The highest BCUT2D eigenvalue weighted by Gasteiger charge is 2.29. The molecule has 1 aliphatic heterocycles. The SMILES string of the molecule is C=CC(=O)N1CC[C@@H](n2c(=O)n(-c3ccc(OCc4ccc(F)cc4F)cc3)c3cnccc32)C1. The van der Waals surface area contributed by atoms with Crippen molar-refractivity contribution in [3.63, 3.8) is 0 Å². The number of amides is 1. The zero-order valence-electron chi connectivity index (χ0n) is 18.7. The monoisotopic (exact) mass is 476 g/mol. The minimum Gasteiger partial charge on any atom is -0.489 e. The van der Waals surface area contributed by atoms with E-state index in [1.807, 2.05) is 0 Å². The summed E-state index contributed by atoms with van der Waals surface area (Å²) in [5, 5.41) is 0. The molecule has 35 heavy (non-hydrogen) atoms. The van der Waals surface area contributed by atoms with Crippen LogP contribution in [0.1, 0.15) is 18.0 Å². The van der Waals surface area contributed by atoms with E-state index in [4.69, 9.17) is 4.74 Å². The average molecular weight is 476 g/mol. The Morgan fingerprint density at radius 2 is 1.94 bits per heavy atom. The summed E-state index contributed by atoms with van der Waals surface area (Å²) < 4.78 is 35.9. The topological polar surface area (TPSA) is 69.4 Å². The molecule has 2 aromatic carbocycles. The van der Waals surface area contributed by atoms with Gasteiger partial charge >= 0.3 is 5.69 Å². The van der Waals surface area contributed by atoms with E-state index in [9.17, 15) is 18.4 Å². The number of hydrogen-bond donors (Lipinski definition) is 0. The van der Waals surface area contributed by atoms with Crippen molar-refractivity contribution in [3.8, 4) is 11.4 Å². The summed E-state index contributed by atoms with van der Waals surface area (Å²) in [5.41, 5.74) is 2.00. The molecule has 0 saturated carbocycles. The number of halogens is 2. The summed E-state index contributed by atoms with van der Waals surface area (Å²) in [5.74, 6) is -0.995. The van der Waals surface area contributed by atoms with Gasteiger partial charge in [0.2, 0.25) is 5.91 Å². The smallest absolute Gasteiger partial charge is 0.334 e. The normalized spacial score (nSPS) is 15.5. The molecule has 3 heterocycles. The summed E-state index contributed by atoms with van der Waals surface area (Å²) in [6, 6.07) is 11.8. The van der Waals surface area contributed by atoms with Gasteiger partial charge in [-0.1, -0.05) is 6.58 Å². The second kappa shape index (κ2) is 9.17. The van der Waals surface area contributed by atoms with Gasteiger partial charge in [-0.05, 0) is 55.0 Å². The molecule has 0 radical (unpaired) electrons. The molecular weight excluding hydrogens is 454 g/mol. The van der Waals surface area contributed by atoms with Crippen molar-refractivity contribution in [2.75, 3.05) is 13.1 Å². The first-order valence-corrected chi connectivity index (χ1v) is 11.1. The van der Waals surface area contributed by atoms with Crippen molar-refractivity contribution in [2.45, 2.75) is 19.1 Å². The zero-order chi connectivity index (χ0) is 24.5. The highest BCUT2D eigenvalue weighted by atomic mass is 19.1. The number of ether oxygens (including phenoxy) is 1. The van der Waals surface area contributed by atoms with Crippen LogP contribution in [0.15, 0.2) is 78.4 Å². The van der Waals surface area contributed by atoms with E-state index in [-0.39, 0.29) is 29.8 Å². The molecule has 0 N–H and O–H groups in total. The molecule has 2 aromatic heterocycles. The van der Waals surface area contributed by atoms with E-state index >= 15 is 0 Å². The largest absolute Gasteiger partial charge is 0.489 e. The molecule has 1 fully saturated rings. The van der Waals surface area contributed by atoms with Crippen LogP contribution >= 0.6 is 0 Å². The van der Waals surface area contributed by atoms with Crippen LogP contribution in [0.2, 0.25) is 0 Å². The first kappa shape index (κ1) is 22.5. The number of likely N-dealkylation sites (tertiary alicyclic amines) is 1. The quantitative estimate of drug-likeness (QED) is 0.395. The van der Waals surface area contributed by atoms with Crippen LogP contribution in [0.5, 0.6) is 5.75 Å². The van der Waals surface area contributed by atoms with Crippen molar-refractivity contribution in [1.82, 2.24) is 19.0 Å². The molecule has 7 nitrogen and oxygen atoms in total. The number of hydrogen-bond acceptors (Lipinski definition) is 4. The maximum Gasteiger partial charge on any atom is 0.334 e. The Balaban J connectivity index is 1.43. The summed E-state index contributed by atoms with van der Waals surface area (Å²) >= 11 is 0. The molecule has 0 bridgehead atoms. The highest BCUT2D eigenvalue weighted by Crippen LogP contribution is 2.27. The minimum absolute atomic E-state index is 0.0593. The van der Waals surface area contributed by atoms with Crippen LogP contribution in [-0.2, 0) is 11.4 Å². The van der Waals surface area contributed by atoms with Gasteiger partial charge in [0, 0.05) is 30.9 Å². The summed E-state index contributed by atoms with van der Waals surface area (Å²) in [6.07, 6.45) is 5.21. The zero-order valence-corrected chi connectivity index (χ0v) is 18.7. The Hall–Kier alpha value is -4.27. The lowest BCUT2D eigenvalue weighted by Crippen LogP contribution is -2.31. The molecule has 4 aromatic rings. The predicted octanol–water partition coefficient (Wildman–Crippen LogP) is 4.00. The maximum atomic E-state index is 13.9. The van der Waals surface area contributed by atoms with Gasteiger partial charge in [-0.25, -0.2) is 13.6 Å². The van der Waals surface area contributed by atoms with Gasteiger partial charge in [0.15, 0.2) is 0 Å². The Bertz CT molecular complexity index is 1480. The molecule has 0 unspecified atom stereocenters. The molecule has 9 heteroatoms. The molecule has 1 atom stereocenters. The van der Waals surface area contributed by atoms with Crippen molar-refractivity contribution in [1.29, 1.82) is 0 Å². The van der Waals surface area contributed by atoms with Crippen LogP contribution < -0.4 is 10.4 Å². The fourth-order valence-corrected chi connectivity index (χ4v) is 4.44. The number of pyridine rings is 1. The summed E-state index contributed by atoms with van der Waals surface area (Å²) in [7, 11) is 0. The van der Waals surface area contributed by atoms with Gasteiger partial charge < -0.3 is 9.64 Å². The number of aromatic nitrogens is 3. The fourth-order valence-electron chi connectivity index (χ4n) is 4.44. The first-order chi connectivity index (χ1) is 17.0. The molecular formula is C26H22F2N4O3. The van der Waals surface area contributed by atoms with Gasteiger partial charge in [-0.3, -0.25) is 18.9 Å². The molecule has 0 aliphatic carbocycles. The second-order valence-electron chi connectivity index (χ2n) is 8.30. The molecule has 178 valence electrons. The van der Waals surface area contributed by atoms with Crippen LogP contribution in [0.4, 0.5) is 8.78 Å². The number of rotatable bonds is 6. The summed E-state index contributed by atoms with van der Waals surface area (Å²) in [4.78, 5) is 31.5. The number of imidazole rings is 1. The van der Waals surface area contributed by atoms with E-state index < -0.39 is 11.6 Å². The van der Waals surface area contributed by atoms with Crippen molar-refractivity contribution < 1.29 is 18.3 Å². The Morgan fingerprint density at radius 1 is 1.14 bits per heavy atom. The van der Waals surface area contributed by atoms with Gasteiger partial charge in [0.05, 0.1) is 29.0 Å². The number of fused-ring (bicyclic) bond motifs is 1. The molecule has 1 amide bonds. The summed E-state index contributed by atoms with van der Waals surface area (Å²) in [6.45, 7) is 4.47. The number of carbonyl (C=O) groups excluding carboxylic acids is 1. The molecule has 1 saturated heterocycles. The van der Waals surface area contributed by atoms with E-state index in [0.717, 1.165) is 11.6 Å². The Labute approximate surface area is 199 Å². The fraction of sp³-hybridized carbons (Fsp3) is 0.192. The highest BCUT2D eigenvalue weighted by molar-refractivity contribution is 5.87. The maximum absolute atomic E-state index is 13.9. The molecule has 0 spiro atoms. The van der Waals surface area contributed by atoms with Crippen molar-refractivity contribution in [3.05, 3.63) is 101 Å². The first-order valence-electron chi connectivity index (χ1n) is 11.1. The third-order valence-corrected chi connectivity index (χ3v) is 6.19. The lowest BCUT2D eigenvalue weighted by atomic mass is 10.2. The Morgan fingerprint density at radius 3 is 2.69 bits per heavy atom. The van der Waals surface area contributed by atoms with E-state index in [2.05, 4.69) is 11.6 Å². The third-order valence-electron chi connectivity index (χ3n) is 6.19. The van der Waals surface area contributed by atoms with Crippen LogP contribution in [0.25, 0.3) is 16.7 Å². The van der Waals surface area contributed by atoms with Gasteiger partial charge in [-0.2, -0.15) is 0 Å². The lowest BCUT2D eigenvalue weighted by molar-refractivity contribution is -0.125. The predicted molar refractivity (Wildman–Crippen MR) is 126 cm³/mol. The van der Waals surface area contributed by atoms with Crippen LogP contribution in [0, 0.1) is 11.6 Å². The van der Waals surface area contributed by atoms with E-state index in [0.29, 0.717) is 36.5 Å². The van der Waals surface area contributed by atoms with Gasteiger partial charge in [-0.15, -0.1) is 0 Å². The molecule has 1 aliphatic rings. The van der Waals surface area contributed by atoms with Crippen LogP contribution in [-0.4, -0.2) is 38.0 Å². The second-order valence-corrected chi connectivity index (χ2v) is 8.30. The standard InChI is InChI=1S/C26H22F2N4O3/c1-2-25(33)30-12-10-20(15-30)32-23-9-11-29-14-24(23)31(26(32)34)19-5-7-21(8-6-19)35-16-17-3-4-18(27)13-22(17)28/h2-9,11,13-14,20H,1,10,12,15-16H2/t20-/m1/s1. The van der Waals surface area contributed by atoms with Gasteiger partial charge in [0.1, 0.15) is 24.0 Å².